The number of amides is 4. The highest BCUT2D eigenvalue weighted by Gasteiger charge is 2.64. The van der Waals surface area contributed by atoms with Crippen molar-refractivity contribution in [3.05, 3.63) is 83.7 Å². The van der Waals surface area contributed by atoms with E-state index in [1.807, 2.05) is 6.07 Å². The Morgan fingerprint density at radius 1 is 1.05 bits per heavy atom. The number of fused-ring (bicyclic) bond motifs is 1. The van der Waals surface area contributed by atoms with Crippen LogP contribution in [0.2, 0.25) is 0 Å². The van der Waals surface area contributed by atoms with Crippen LogP contribution in [0.3, 0.4) is 0 Å². The summed E-state index contributed by atoms with van der Waals surface area (Å²) in [6, 6.07) is 13.8. The Labute approximate surface area is 228 Å². The number of carboxylic acids is 1. The lowest BCUT2D eigenvalue weighted by molar-refractivity contribution is -0.161. The van der Waals surface area contributed by atoms with Crippen molar-refractivity contribution in [3.8, 4) is 0 Å². The Kier molecular flexibility index (Phi) is 6.81. The second kappa shape index (κ2) is 10.1. The molecule has 3 heterocycles. The first-order valence-electron chi connectivity index (χ1n) is 12.3. The maximum absolute atomic E-state index is 13.4. The van der Waals surface area contributed by atoms with E-state index in [0.29, 0.717) is 11.1 Å². The fourth-order valence-corrected chi connectivity index (χ4v) is 6.66. The molecule has 39 heavy (non-hydrogen) atoms. The number of thioether (sulfide) groups is 1. The number of nitrogens with one attached hydrogen (secondary N) is 4. The van der Waals surface area contributed by atoms with Gasteiger partial charge >= 0.3 is 5.97 Å². The topological polar surface area (TPSA) is 157 Å². The fraction of sp³-hybridized carbons (Fsp3) is 0.296. The highest BCUT2D eigenvalue weighted by molar-refractivity contribution is 8.01. The van der Waals surface area contributed by atoms with Crippen molar-refractivity contribution in [2.75, 3.05) is 0 Å². The highest BCUT2D eigenvalue weighted by atomic mass is 32.2. The Balaban J connectivity index is 1.32. The Morgan fingerprint density at radius 3 is 2.33 bits per heavy atom. The third-order valence-electron chi connectivity index (χ3n) is 6.94. The number of carbonyl (C=O) groups excluding carboxylic acids is 4. The van der Waals surface area contributed by atoms with E-state index in [2.05, 4.69) is 21.3 Å². The molecule has 3 aliphatic rings. The minimum atomic E-state index is -1.09. The Bertz CT molecular complexity index is 1370. The molecule has 3 aliphatic heterocycles. The number of aliphatic carboxylic acids is 1. The van der Waals surface area contributed by atoms with E-state index in [9.17, 15) is 29.1 Å². The van der Waals surface area contributed by atoms with Crippen LogP contribution in [0.15, 0.2) is 72.6 Å². The van der Waals surface area contributed by atoms with Crippen molar-refractivity contribution in [1.82, 2.24) is 26.2 Å². The van der Waals surface area contributed by atoms with Crippen molar-refractivity contribution < 1.29 is 29.1 Å². The summed E-state index contributed by atoms with van der Waals surface area (Å²) < 4.78 is -0.725. The molecule has 4 amide bonds. The fourth-order valence-electron chi connectivity index (χ4n) is 5.04. The summed E-state index contributed by atoms with van der Waals surface area (Å²) in [4.78, 5) is 64.8. The van der Waals surface area contributed by atoms with Gasteiger partial charge < -0.3 is 31.3 Å². The largest absolute Gasteiger partial charge is 0.480 e. The summed E-state index contributed by atoms with van der Waals surface area (Å²) in [5.74, 6) is -3.06. The van der Waals surface area contributed by atoms with Crippen molar-refractivity contribution in [2.45, 2.75) is 48.1 Å². The molecule has 3 saturated heterocycles. The molecule has 0 spiro atoms. The highest BCUT2D eigenvalue weighted by Crippen LogP contribution is 2.50. The zero-order valence-corrected chi connectivity index (χ0v) is 21.9. The number of β-lactam (4-membered cyclic amide) rings is 1. The van der Waals surface area contributed by atoms with E-state index in [0.717, 1.165) is 0 Å². The van der Waals surface area contributed by atoms with Gasteiger partial charge in [0.25, 0.3) is 11.8 Å². The minimum absolute atomic E-state index is 0.0656. The number of piperazine rings is 1. The zero-order valence-electron chi connectivity index (χ0n) is 21.1. The summed E-state index contributed by atoms with van der Waals surface area (Å²) in [5.41, 5.74) is 1.13. The van der Waals surface area contributed by atoms with E-state index in [1.165, 1.54) is 22.9 Å². The first kappa shape index (κ1) is 26.3. The molecular formula is C27H27N5O6S. The van der Waals surface area contributed by atoms with Crippen LogP contribution in [-0.4, -0.2) is 61.8 Å². The third kappa shape index (κ3) is 4.83. The van der Waals surface area contributed by atoms with Crippen molar-refractivity contribution in [3.63, 3.8) is 0 Å². The molecule has 0 unspecified atom stereocenters. The van der Waals surface area contributed by atoms with Gasteiger partial charge in [0.15, 0.2) is 0 Å². The average molecular weight is 550 g/mol. The summed E-state index contributed by atoms with van der Waals surface area (Å²) in [7, 11) is 0. The third-order valence-corrected chi connectivity index (χ3v) is 8.51. The molecular weight excluding hydrogens is 522 g/mol. The first-order valence-corrected chi connectivity index (χ1v) is 13.2. The molecule has 2 aromatic rings. The normalized spacial score (nSPS) is 27.1. The quantitative estimate of drug-likeness (QED) is 0.251. The minimum Gasteiger partial charge on any atom is -0.480 e. The second-order valence-electron chi connectivity index (χ2n) is 9.96. The van der Waals surface area contributed by atoms with Gasteiger partial charge in [-0.1, -0.05) is 60.7 Å². The molecule has 5 rings (SSSR count). The molecule has 0 radical (unpaired) electrons. The summed E-state index contributed by atoms with van der Waals surface area (Å²) in [6.07, 6.45) is 1.26. The van der Waals surface area contributed by atoms with Crippen LogP contribution in [0.25, 0.3) is 0 Å². The molecule has 0 bridgehead atoms. The molecule has 5 atom stereocenters. The summed E-state index contributed by atoms with van der Waals surface area (Å²) in [5, 5.41) is 20.0. The molecule has 3 fully saturated rings. The number of nitrogens with zero attached hydrogens (tertiary/aromatic N) is 1. The van der Waals surface area contributed by atoms with Crippen LogP contribution in [0.4, 0.5) is 0 Å². The van der Waals surface area contributed by atoms with Gasteiger partial charge in [-0.15, -0.1) is 11.8 Å². The van der Waals surface area contributed by atoms with Gasteiger partial charge in [-0.05, 0) is 25.0 Å². The lowest BCUT2D eigenvalue weighted by atomic mass is 9.95. The van der Waals surface area contributed by atoms with Crippen LogP contribution in [-0.2, 0) is 24.0 Å². The van der Waals surface area contributed by atoms with E-state index in [1.54, 1.807) is 68.4 Å². The van der Waals surface area contributed by atoms with Crippen LogP contribution in [0.1, 0.15) is 37.1 Å². The molecule has 0 aliphatic carbocycles. The summed E-state index contributed by atoms with van der Waals surface area (Å²) in [6.45, 7) is 3.51. The van der Waals surface area contributed by atoms with Gasteiger partial charge in [-0.3, -0.25) is 19.2 Å². The van der Waals surface area contributed by atoms with E-state index < -0.39 is 63.9 Å². The zero-order chi connectivity index (χ0) is 27.9. The molecule has 2 aromatic carbocycles. The van der Waals surface area contributed by atoms with Crippen molar-refractivity contribution in [1.29, 1.82) is 0 Å². The van der Waals surface area contributed by atoms with Gasteiger partial charge in [0.2, 0.25) is 11.8 Å². The van der Waals surface area contributed by atoms with Crippen molar-refractivity contribution >= 4 is 41.4 Å². The number of hydrogen-bond donors (Lipinski definition) is 5. The Hall–Kier alpha value is -4.32. The van der Waals surface area contributed by atoms with Crippen LogP contribution < -0.4 is 21.3 Å². The van der Waals surface area contributed by atoms with Gasteiger partial charge in [0.1, 0.15) is 35.2 Å². The SMILES string of the molecule is CC1(C)S[C@@H]2[C@H](NC(=O)[C@H](NC=C3NC(=O)[C@@H](c4ccccc4)NC3=O)c3ccccc3)C(=O)N2[C@H]1C(=O)O. The second-order valence-corrected chi connectivity index (χ2v) is 11.7. The van der Waals surface area contributed by atoms with Gasteiger partial charge in [0.05, 0.1) is 0 Å². The maximum atomic E-state index is 13.4. The molecule has 0 aromatic heterocycles. The van der Waals surface area contributed by atoms with Crippen LogP contribution in [0, 0.1) is 0 Å². The predicted octanol–water partition coefficient (Wildman–Crippen LogP) is 0.778. The maximum Gasteiger partial charge on any atom is 0.327 e. The van der Waals surface area contributed by atoms with Gasteiger partial charge in [-0.2, -0.15) is 0 Å². The first-order chi connectivity index (χ1) is 18.6. The van der Waals surface area contributed by atoms with Crippen molar-refractivity contribution in [2.24, 2.45) is 0 Å². The van der Waals surface area contributed by atoms with Crippen LogP contribution in [0.5, 0.6) is 0 Å². The molecule has 11 nitrogen and oxygen atoms in total. The number of benzene rings is 2. The van der Waals surface area contributed by atoms with Crippen LogP contribution >= 0.6 is 11.8 Å². The van der Waals surface area contributed by atoms with Gasteiger partial charge in [-0.25, -0.2) is 4.79 Å². The molecule has 0 saturated carbocycles. The number of carbonyl (C=O) groups is 5. The van der Waals surface area contributed by atoms with E-state index in [-0.39, 0.29) is 5.70 Å². The number of hydrogen-bond acceptors (Lipinski definition) is 7. The lowest BCUT2D eigenvalue weighted by Crippen LogP contribution is -2.71. The molecule has 5 N–H and O–H groups in total. The predicted molar refractivity (Wildman–Crippen MR) is 142 cm³/mol. The monoisotopic (exact) mass is 549 g/mol. The smallest absolute Gasteiger partial charge is 0.327 e. The van der Waals surface area contributed by atoms with E-state index >= 15 is 0 Å². The number of rotatable bonds is 7. The Morgan fingerprint density at radius 2 is 1.69 bits per heavy atom. The average Bonchev–Trinajstić information content (AvgIpc) is 3.18. The number of carboxylic acid groups (broad SMARTS) is 1. The van der Waals surface area contributed by atoms with Gasteiger partial charge in [0, 0.05) is 10.9 Å². The standard InChI is InChI=1S/C27H27N5O6S/c1-27(2)20(26(37)38)32-24(36)19(25(32)39-27)31-22(34)17(14-9-5-3-6-10-14)28-13-16-21(33)30-18(23(35)29-16)15-11-7-4-8-12-15/h3-13,17-20,25,28H,1-2H3,(H,29,35)(H,30,33)(H,31,34)(H,37,38)/t17-,18-,19-,20+,25-/m1/s1. The lowest BCUT2D eigenvalue weighted by Gasteiger charge is -2.44. The molecule has 12 heteroatoms. The summed E-state index contributed by atoms with van der Waals surface area (Å²) >= 11 is 1.33. The molecule has 202 valence electrons. The van der Waals surface area contributed by atoms with E-state index in [4.69, 9.17) is 0 Å².